The summed E-state index contributed by atoms with van der Waals surface area (Å²) in [5.41, 5.74) is 1.46. The quantitative estimate of drug-likeness (QED) is 0.546. The number of nitrogens with zero attached hydrogens (tertiary/aromatic N) is 3. The Hall–Kier alpha value is -3.19. The molecule has 27 heavy (non-hydrogen) atoms. The predicted octanol–water partition coefficient (Wildman–Crippen LogP) is 1.74. The number of fused-ring (bicyclic) bond motifs is 2. The number of hydrogen-bond donors (Lipinski definition) is 1. The Morgan fingerprint density at radius 2 is 1.93 bits per heavy atom. The van der Waals surface area contributed by atoms with E-state index < -0.39 is 0 Å². The average molecular weight is 364 g/mol. The minimum Gasteiger partial charge on any atom is -0.496 e. The third kappa shape index (κ3) is 2.67. The highest BCUT2D eigenvalue weighted by atomic mass is 16.5. The molecule has 0 aliphatic heterocycles. The molecule has 2 aromatic heterocycles. The predicted molar refractivity (Wildman–Crippen MR) is 105 cm³/mol. The number of rotatable bonds is 5. The number of likely N-dealkylation sites (N-methyl/N-ethyl adjacent to an activating group) is 1. The van der Waals surface area contributed by atoms with Crippen LogP contribution < -0.4 is 15.5 Å². The van der Waals surface area contributed by atoms with Crippen LogP contribution in [0.3, 0.4) is 0 Å². The summed E-state index contributed by atoms with van der Waals surface area (Å²) in [6, 6.07) is 10.7. The van der Waals surface area contributed by atoms with E-state index in [0.29, 0.717) is 45.2 Å². The third-order valence-corrected chi connectivity index (χ3v) is 4.69. The van der Waals surface area contributed by atoms with Gasteiger partial charge in [-0.1, -0.05) is 18.2 Å². The summed E-state index contributed by atoms with van der Waals surface area (Å²) < 4.78 is 7.05. The van der Waals surface area contributed by atoms with Crippen molar-refractivity contribution in [2.75, 3.05) is 34.3 Å². The van der Waals surface area contributed by atoms with Crippen molar-refractivity contribution in [1.82, 2.24) is 19.8 Å². The number of amides is 1. The second kappa shape index (κ2) is 6.51. The van der Waals surface area contributed by atoms with E-state index in [9.17, 15) is 9.59 Å². The summed E-state index contributed by atoms with van der Waals surface area (Å²) in [5.74, 6) is 0.240. The normalized spacial score (nSPS) is 11.7. The second-order valence-corrected chi connectivity index (χ2v) is 6.70. The van der Waals surface area contributed by atoms with Gasteiger partial charge in [0.1, 0.15) is 5.75 Å². The fourth-order valence-corrected chi connectivity index (χ4v) is 3.40. The van der Waals surface area contributed by atoms with Crippen molar-refractivity contribution in [3.05, 3.63) is 52.3 Å². The first-order chi connectivity index (χ1) is 13.0. The molecular weight excluding hydrogens is 344 g/mol. The molecule has 138 valence electrons. The maximum Gasteiger partial charge on any atom is 0.272 e. The lowest BCUT2D eigenvalue weighted by Crippen LogP contribution is -2.31. The number of pyridine rings is 1. The van der Waals surface area contributed by atoms with Crippen LogP contribution in [-0.2, 0) is 0 Å². The van der Waals surface area contributed by atoms with E-state index in [4.69, 9.17) is 4.74 Å². The number of carbonyl (C=O) groups excluding carboxylic acids is 1. The molecule has 0 spiro atoms. The van der Waals surface area contributed by atoms with Gasteiger partial charge in [-0.3, -0.25) is 9.59 Å². The van der Waals surface area contributed by atoms with Gasteiger partial charge < -0.3 is 15.0 Å². The van der Waals surface area contributed by atoms with Crippen molar-refractivity contribution in [3.8, 4) is 5.75 Å². The van der Waals surface area contributed by atoms with Gasteiger partial charge in [0.25, 0.3) is 5.91 Å². The zero-order chi connectivity index (χ0) is 19.1. The molecule has 7 nitrogen and oxygen atoms in total. The fraction of sp³-hybridized carbons (Fsp3) is 0.250. The molecule has 0 radical (unpaired) electrons. The number of aromatic nitrogens is 2. The van der Waals surface area contributed by atoms with Gasteiger partial charge in [0, 0.05) is 23.9 Å². The molecule has 0 atom stereocenters. The standard InChI is InChI=1S/C20H20N4O3/c1-23(2)11-10-21-20(26)17-12-6-4-7-13-18(12)24(22-17)14-8-5-9-15(27-3)16(14)19(13)25/h4-9H,10-11H2,1-3H3,(H,21,26). The van der Waals surface area contributed by atoms with Crippen molar-refractivity contribution in [3.63, 3.8) is 0 Å². The molecule has 2 heterocycles. The second-order valence-electron chi connectivity index (χ2n) is 6.70. The number of ether oxygens (including phenoxy) is 1. The van der Waals surface area contributed by atoms with Gasteiger partial charge in [-0.15, -0.1) is 0 Å². The zero-order valence-electron chi connectivity index (χ0n) is 15.4. The molecule has 1 amide bonds. The zero-order valence-corrected chi connectivity index (χ0v) is 15.4. The molecular formula is C20H20N4O3. The van der Waals surface area contributed by atoms with E-state index in [-0.39, 0.29) is 11.3 Å². The molecule has 4 rings (SSSR count). The largest absolute Gasteiger partial charge is 0.496 e. The Morgan fingerprint density at radius 1 is 1.19 bits per heavy atom. The molecule has 0 fully saturated rings. The summed E-state index contributed by atoms with van der Waals surface area (Å²) in [6.07, 6.45) is 0. The van der Waals surface area contributed by atoms with E-state index in [1.54, 1.807) is 22.7 Å². The SMILES string of the molecule is COc1cccc2c1c(=O)c1cccc3c(C(=O)NCCN(C)C)nn2c31. The summed E-state index contributed by atoms with van der Waals surface area (Å²) >= 11 is 0. The Bertz CT molecular complexity index is 1210. The number of para-hydroxylation sites is 1. The molecule has 0 unspecified atom stereocenters. The van der Waals surface area contributed by atoms with Crippen LogP contribution in [-0.4, -0.2) is 54.7 Å². The maximum absolute atomic E-state index is 13.1. The van der Waals surface area contributed by atoms with Gasteiger partial charge in [0.05, 0.1) is 23.5 Å². The van der Waals surface area contributed by atoms with Crippen molar-refractivity contribution in [2.24, 2.45) is 0 Å². The number of benzene rings is 2. The van der Waals surface area contributed by atoms with Crippen LogP contribution in [0, 0.1) is 0 Å². The first-order valence-electron chi connectivity index (χ1n) is 8.69. The van der Waals surface area contributed by atoms with E-state index in [0.717, 1.165) is 6.54 Å². The van der Waals surface area contributed by atoms with Crippen molar-refractivity contribution < 1.29 is 9.53 Å². The van der Waals surface area contributed by atoms with Crippen molar-refractivity contribution in [2.45, 2.75) is 0 Å². The van der Waals surface area contributed by atoms with Crippen LogP contribution in [0.1, 0.15) is 10.5 Å². The van der Waals surface area contributed by atoms with Crippen LogP contribution in [0.15, 0.2) is 41.2 Å². The number of methoxy groups -OCH3 is 1. The van der Waals surface area contributed by atoms with Crippen molar-refractivity contribution in [1.29, 1.82) is 0 Å². The van der Waals surface area contributed by atoms with Gasteiger partial charge in [-0.05, 0) is 32.3 Å². The van der Waals surface area contributed by atoms with Crippen LogP contribution in [0.4, 0.5) is 0 Å². The first kappa shape index (κ1) is 17.2. The van der Waals surface area contributed by atoms with Gasteiger partial charge >= 0.3 is 0 Å². The highest BCUT2D eigenvalue weighted by Crippen LogP contribution is 2.29. The van der Waals surface area contributed by atoms with E-state index >= 15 is 0 Å². The van der Waals surface area contributed by atoms with Gasteiger partial charge in [0.15, 0.2) is 5.69 Å². The number of nitrogens with one attached hydrogen (secondary N) is 1. The van der Waals surface area contributed by atoms with Crippen LogP contribution in [0.25, 0.3) is 27.2 Å². The highest BCUT2D eigenvalue weighted by Gasteiger charge is 2.22. The Kier molecular flexibility index (Phi) is 4.16. The average Bonchev–Trinajstić information content (AvgIpc) is 3.06. The van der Waals surface area contributed by atoms with Crippen LogP contribution >= 0.6 is 0 Å². The smallest absolute Gasteiger partial charge is 0.272 e. The number of hydrogen-bond acceptors (Lipinski definition) is 5. The third-order valence-electron chi connectivity index (χ3n) is 4.69. The minimum absolute atomic E-state index is 0.125. The summed E-state index contributed by atoms with van der Waals surface area (Å²) in [4.78, 5) is 27.8. The Balaban J connectivity index is 1.97. The van der Waals surface area contributed by atoms with E-state index in [2.05, 4.69) is 10.4 Å². The monoisotopic (exact) mass is 364 g/mol. The lowest BCUT2D eigenvalue weighted by atomic mass is 10.1. The molecule has 0 saturated carbocycles. The van der Waals surface area contributed by atoms with Crippen molar-refractivity contribution >= 4 is 33.1 Å². The molecule has 0 saturated heterocycles. The van der Waals surface area contributed by atoms with Crippen LogP contribution in [0.2, 0.25) is 0 Å². The van der Waals surface area contributed by atoms with Crippen LogP contribution in [0.5, 0.6) is 5.75 Å². The fourth-order valence-electron chi connectivity index (χ4n) is 3.40. The molecule has 0 aliphatic rings. The summed E-state index contributed by atoms with van der Waals surface area (Å²) in [5, 5.41) is 9.09. The molecule has 0 bridgehead atoms. The van der Waals surface area contributed by atoms with E-state index in [1.165, 1.54) is 7.11 Å². The van der Waals surface area contributed by atoms with Gasteiger partial charge in [-0.2, -0.15) is 5.10 Å². The topological polar surface area (TPSA) is 75.9 Å². The van der Waals surface area contributed by atoms with E-state index in [1.807, 2.05) is 37.2 Å². The first-order valence-corrected chi connectivity index (χ1v) is 8.69. The molecule has 7 heteroatoms. The molecule has 4 aromatic rings. The Morgan fingerprint density at radius 3 is 2.67 bits per heavy atom. The molecule has 2 aromatic carbocycles. The molecule has 1 N–H and O–H groups in total. The maximum atomic E-state index is 13.1. The molecule has 0 aliphatic carbocycles. The lowest BCUT2D eigenvalue weighted by molar-refractivity contribution is 0.0947. The number of carbonyl (C=O) groups is 1. The Labute approximate surface area is 155 Å². The minimum atomic E-state index is -0.253. The highest BCUT2D eigenvalue weighted by molar-refractivity contribution is 6.12. The lowest BCUT2D eigenvalue weighted by Gasteiger charge is -2.09. The summed E-state index contributed by atoms with van der Waals surface area (Å²) in [7, 11) is 5.42. The van der Waals surface area contributed by atoms with Gasteiger partial charge in [-0.25, -0.2) is 4.52 Å². The summed E-state index contributed by atoms with van der Waals surface area (Å²) in [6.45, 7) is 1.25. The van der Waals surface area contributed by atoms with Gasteiger partial charge in [0.2, 0.25) is 5.43 Å².